The van der Waals surface area contributed by atoms with Crippen molar-refractivity contribution in [1.82, 2.24) is 10.2 Å². The van der Waals surface area contributed by atoms with Crippen molar-refractivity contribution in [2.45, 2.75) is 50.1 Å². The first-order valence-corrected chi connectivity index (χ1v) is 11.0. The van der Waals surface area contributed by atoms with Crippen LogP contribution in [-0.2, 0) is 9.53 Å². The molecule has 2 aromatic rings. The summed E-state index contributed by atoms with van der Waals surface area (Å²) in [7, 11) is 1.59. The summed E-state index contributed by atoms with van der Waals surface area (Å²) >= 11 is 0. The summed E-state index contributed by atoms with van der Waals surface area (Å²) in [5.41, 5.74) is 2.01. The molecule has 2 aromatic carbocycles. The van der Waals surface area contributed by atoms with Crippen molar-refractivity contribution in [3.63, 3.8) is 0 Å². The fourth-order valence-corrected chi connectivity index (χ4v) is 4.88. The van der Waals surface area contributed by atoms with Gasteiger partial charge in [-0.05, 0) is 42.2 Å². The molecule has 0 saturated heterocycles. The number of halogens is 1. The molecule has 1 saturated carbocycles. The molecule has 1 aliphatic heterocycles. The standard InChI is InChI=1S/C25H29FN2O3/c1-31-16-15-28-23(17-11-13-18(26)14-12-17)22(20-9-5-6-10-21(20)25(28)30)24(29)27-19-7-3-2-4-8-19/h5-6,9-14,19,22-23H,2-4,7-8,15-16H2,1H3,(H,27,29)/t22-,23+/m0/s1. The largest absolute Gasteiger partial charge is 0.383 e. The topological polar surface area (TPSA) is 58.6 Å². The summed E-state index contributed by atoms with van der Waals surface area (Å²) < 4.78 is 18.9. The maximum Gasteiger partial charge on any atom is 0.254 e. The summed E-state index contributed by atoms with van der Waals surface area (Å²) in [4.78, 5) is 28.7. The molecule has 0 unspecified atom stereocenters. The van der Waals surface area contributed by atoms with Gasteiger partial charge in [-0.2, -0.15) is 0 Å². The molecule has 2 aliphatic rings. The van der Waals surface area contributed by atoms with Gasteiger partial charge in [0.1, 0.15) is 5.82 Å². The van der Waals surface area contributed by atoms with E-state index in [1.807, 2.05) is 18.2 Å². The monoisotopic (exact) mass is 424 g/mol. The molecular weight excluding hydrogens is 395 g/mol. The van der Waals surface area contributed by atoms with Gasteiger partial charge in [0.15, 0.2) is 0 Å². The van der Waals surface area contributed by atoms with Crippen molar-refractivity contribution in [1.29, 1.82) is 0 Å². The second kappa shape index (κ2) is 9.60. The van der Waals surface area contributed by atoms with Gasteiger partial charge in [-0.1, -0.05) is 49.6 Å². The van der Waals surface area contributed by atoms with E-state index in [0.717, 1.165) is 36.8 Å². The van der Waals surface area contributed by atoms with E-state index in [4.69, 9.17) is 4.74 Å². The van der Waals surface area contributed by atoms with E-state index in [9.17, 15) is 14.0 Å². The molecule has 0 aromatic heterocycles. The number of methoxy groups -OCH3 is 1. The second-order valence-corrected chi connectivity index (χ2v) is 8.40. The van der Waals surface area contributed by atoms with Crippen molar-refractivity contribution in [2.24, 2.45) is 0 Å². The highest BCUT2D eigenvalue weighted by molar-refractivity contribution is 6.01. The van der Waals surface area contributed by atoms with E-state index in [0.29, 0.717) is 18.7 Å². The molecule has 1 heterocycles. The van der Waals surface area contributed by atoms with E-state index < -0.39 is 12.0 Å². The molecule has 2 amide bonds. The van der Waals surface area contributed by atoms with Crippen LogP contribution in [0.25, 0.3) is 0 Å². The maximum absolute atomic E-state index is 13.7. The molecular formula is C25H29FN2O3. The van der Waals surface area contributed by atoms with Gasteiger partial charge in [0.2, 0.25) is 5.91 Å². The van der Waals surface area contributed by atoms with Gasteiger partial charge in [0, 0.05) is 25.3 Å². The third-order valence-electron chi connectivity index (χ3n) is 6.42. The third kappa shape index (κ3) is 4.49. The zero-order valence-corrected chi connectivity index (χ0v) is 17.9. The van der Waals surface area contributed by atoms with Gasteiger partial charge in [-0.15, -0.1) is 0 Å². The van der Waals surface area contributed by atoms with Crippen molar-refractivity contribution in [3.05, 3.63) is 71.0 Å². The molecule has 2 atom stereocenters. The normalized spacial score (nSPS) is 21.6. The van der Waals surface area contributed by atoms with Crippen molar-refractivity contribution in [3.8, 4) is 0 Å². The minimum atomic E-state index is -0.571. The minimum Gasteiger partial charge on any atom is -0.383 e. The minimum absolute atomic E-state index is 0.0800. The van der Waals surface area contributed by atoms with E-state index in [1.165, 1.54) is 18.6 Å². The lowest BCUT2D eigenvalue weighted by Gasteiger charge is -2.42. The molecule has 0 bridgehead atoms. The molecule has 31 heavy (non-hydrogen) atoms. The number of nitrogens with zero attached hydrogens (tertiary/aromatic N) is 1. The first-order valence-electron chi connectivity index (χ1n) is 11.0. The van der Waals surface area contributed by atoms with Gasteiger partial charge < -0.3 is 15.0 Å². The number of fused-ring (bicyclic) bond motifs is 1. The molecule has 4 rings (SSSR count). The average Bonchev–Trinajstić information content (AvgIpc) is 2.79. The summed E-state index contributed by atoms with van der Waals surface area (Å²) in [6.45, 7) is 0.696. The van der Waals surface area contributed by atoms with Crippen LogP contribution < -0.4 is 5.32 Å². The number of carbonyl (C=O) groups is 2. The number of rotatable bonds is 6. The predicted molar refractivity (Wildman–Crippen MR) is 116 cm³/mol. The smallest absolute Gasteiger partial charge is 0.254 e. The molecule has 0 spiro atoms. The Balaban J connectivity index is 1.77. The lowest BCUT2D eigenvalue weighted by Crippen LogP contribution is -2.50. The van der Waals surface area contributed by atoms with Crippen LogP contribution >= 0.6 is 0 Å². The van der Waals surface area contributed by atoms with Gasteiger partial charge in [0.05, 0.1) is 18.6 Å². The summed E-state index contributed by atoms with van der Waals surface area (Å²) in [6, 6.07) is 13.1. The highest BCUT2D eigenvalue weighted by Crippen LogP contribution is 2.43. The first kappa shape index (κ1) is 21.5. The Labute approximate surface area is 182 Å². The molecule has 164 valence electrons. The van der Waals surface area contributed by atoms with Crippen LogP contribution in [0.3, 0.4) is 0 Å². The predicted octanol–water partition coefficient (Wildman–Crippen LogP) is 4.20. The first-order chi connectivity index (χ1) is 15.1. The van der Waals surface area contributed by atoms with E-state index in [1.54, 1.807) is 30.2 Å². The van der Waals surface area contributed by atoms with Crippen LogP contribution in [0.2, 0.25) is 0 Å². The quantitative estimate of drug-likeness (QED) is 0.756. The number of benzene rings is 2. The third-order valence-corrected chi connectivity index (χ3v) is 6.42. The lowest BCUT2D eigenvalue weighted by molar-refractivity contribution is -0.125. The van der Waals surface area contributed by atoms with Crippen LogP contribution in [0, 0.1) is 5.82 Å². The van der Waals surface area contributed by atoms with E-state index >= 15 is 0 Å². The Morgan fingerprint density at radius 1 is 1.10 bits per heavy atom. The molecule has 5 nitrogen and oxygen atoms in total. The van der Waals surface area contributed by atoms with Crippen molar-refractivity contribution in [2.75, 3.05) is 20.3 Å². The summed E-state index contributed by atoms with van der Waals surface area (Å²) in [6.07, 6.45) is 5.40. The Morgan fingerprint density at radius 2 is 1.81 bits per heavy atom. The Bertz CT molecular complexity index is 925. The zero-order chi connectivity index (χ0) is 21.8. The van der Waals surface area contributed by atoms with Crippen molar-refractivity contribution >= 4 is 11.8 Å². The number of hydrogen-bond donors (Lipinski definition) is 1. The number of carbonyl (C=O) groups excluding carboxylic acids is 2. The van der Waals surface area contributed by atoms with Gasteiger partial charge >= 0.3 is 0 Å². The maximum atomic E-state index is 13.7. The zero-order valence-electron chi connectivity index (χ0n) is 17.9. The van der Waals surface area contributed by atoms with Gasteiger partial charge in [-0.25, -0.2) is 4.39 Å². The lowest BCUT2D eigenvalue weighted by atomic mass is 9.78. The molecule has 1 aliphatic carbocycles. The molecule has 0 radical (unpaired) electrons. The van der Waals surface area contributed by atoms with E-state index in [2.05, 4.69) is 5.32 Å². The fourth-order valence-electron chi connectivity index (χ4n) is 4.88. The molecule has 1 N–H and O–H groups in total. The van der Waals surface area contributed by atoms with Gasteiger partial charge in [0.25, 0.3) is 5.91 Å². The van der Waals surface area contributed by atoms with Crippen LogP contribution in [0.1, 0.15) is 65.5 Å². The van der Waals surface area contributed by atoms with Crippen LogP contribution in [0.5, 0.6) is 0 Å². The fraction of sp³-hybridized carbons (Fsp3) is 0.440. The van der Waals surface area contributed by atoms with Crippen LogP contribution in [0.15, 0.2) is 48.5 Å². The number of hydrogen-bond acceptors (Lipinski definition) is 3. The number of ether oxygens (including phenoxy) is 1. The molecule has 6 heteroatoms. The van der Waals surface area contributed by atoms with E-state index in [-0.39, 0.29) is 23.7 Å². The highest BCUT2D eigenvalue weighted by Gasteiger charge is 2.44. The average molecular weight is 425 g/mol. The number of amides is 2. The van der Waals surface area contributed by atoms with Gasteiger partial charge in [-0.3, -0.25) is 9.59 Å². The Morgan fingerprint density at radius 3 is 2.52 bits per heavy atom. The summed E-state index contributed by atoms with van der Waals surface area (Å²) in [5.74, 6) is -1.14. The van der Waals surface area contributed by atoms with Crippen LogP contribution in [0.4, 0.5) is 4.39 Å². The SMILES string of the molecule is COCCN1C(=O)c2ccccc2[C@H](C(=O)NC2CCCCC2)[C@H]1c1ccc(F)cc1. The highest BCUT2D eigenvalue weighted by atomic mass is 19.1. The molecule has 1 fully saturated rings. The van der Waals surface area contributed by atoms with Crippen LogP contribution in [-0.4, -0.2) is 43.0 Å². The van der Waals surface area contributed by atoms with Crippen molar-refractivity contribution < 1.29 is 18.7 Å². The Hall–Kier alpha value is -2.73. The number of nitrogens with one attached hydrogen (secondary N) is 1. The summed E-state index contributed by atoms with van der Waals surface area (Å²) in [5, 5.41) is 3.25. The Kier molecular flexibility index (Phi) is 6.66. The second-order valence-electron chi connectivity index (χ2n) is 8.40.